The predicted octanol–water partition coefficient (Wildman–Crippen LogP) is 4.51. The van der Waals surface area contributed by atoms with Crippen molar-refractivity contribution in [2.75, 3.05) is 31.5 Å². The van der Waals surface area contributed by atoms with Crippen LogP contribution in [0.3, 0.4) is 0 Å². The minimum absolute atomic E-state index is 0.0740. The molecule has 0 radical (unpaired) electrons. The third-order valence-electron chi connectivity index (χ3n) is 7.89. The predicted molar refractivity (Wildman–Crippen MR) is 147 cm³/mol. The summed E-state index contributed by atoms with van der Waals surface area (Å²) in [5, 5.41) is 13.5. The van der Waals surface area contributed by atoms with Gasteiger partial charge in [0.2, 0.25) is 0 Å². The molecule has 0 spiro atoms. The first-order chi connectivity index (χ1) is 18.2. The number of benzene rings is 2. The maximum atomic E-state index is 13.5. The highest BCUT2D eigenvalue weighted by Crippen LogP contribution is 2.31. The van der Waals surface area contributed by atoms with Gasteiger partial charge in [0.1, 0.15) is 5.82 Å². The summed E-state index contributed by atoms with van der Waals surface area (Å²) in [6.45, 7) is 6.88. The Kier molecular flexibility index (Phi) is 7.10. The Morgan fingerprint density at radius 2 is 1.71 bits per heavy atom. The van der Waals surface area contributed by atoms with Crippen LogP contribution in [0, 0.1) is 6.92 Å². The van der Waals surface area contributed by atoms with Gasteiger partial charge in [0.25, 0.3) is 5.56 Å². The fraction of sp³-hybridized carbons (Fsp3) is 0.448. The van der Waals surface area contributed by atoms with E-state index in [-0.39, 0.29) is 29.1 Å². The number of urea groups is 1. The van der Waals surface area contributed by atoms with E-state index in [1.165, 1.54) is 0 Å². The molecule has 5 rings (SSSR count). The summed E-state index contributed by atoms with van der Waals surface area (Å²) in [5.41, 5.74) is 3.03. The lowest BCUT2D eigenvalue weighted by molar-refractivity contribution is 0.0698. The number of carboxylic acids is 1. The number of hydrogen-bond acceptors (Lipinski definition) is 5. The van der Waals surface area contributed by atoms with Crippen molar-refractivity contribution in [1.82, 2.24) is 19.4 Å². The molecule has 3 heterocycles. The maximum absolute atomic E-state index is 13.5. The van der Waals surface area contributed by atoms with E-state index in [2.05, 4.69) is 5.32 Å². The van der Waals surface area contributed by atoms with Crippen LogP contribution in [0.1, 0.15) is 71.9 Å². The molecule has 2 aromatic carbocycles. The Balaban J connectivity index is 1.46. The highest BCUT2D eigenvalue weighted by molar-refractivity contribution is 5.94. The van der Waals surface area contributed by atoms with Crippen LogP contribution in [0.4, 0.5) is 10.5 Å². The van der Waals surface area contributed by atoms with Crippen LogP contribution >= 0.6 is 0 Å². The Labute approximate surface area is 222 Å². The molecule has 38 heavy (non-hydrogen) atoms. The van der Waals surface area contributed by atoms with Crippen LogP contribution in [0.5, 0.6) is 0 Å². The number of aromatic carboxylic acids is 1. The van der Waals surface area contributed by atoms with Gasteiger partial charge in [-0.25, -0.2) is 14.6 Å². The van der Waals surface area contributed by atoms with Gasteiger partial charge in [0.05, 0.1) is 22.5 Å². The van der Waals surface area contributed by atoms with Crippen molar-refractivity contribution in [1.29, 1.82) is 0 Å². The van der Waals surface area contributed by atoms with Crippen LogP contribution < -0.4 is 10.9 Å². The summed E-state index contributed by atoms with van der Waals surface area (Å²) >= 11 is 0. The van der Waals surface area contributed by atoms with E-state index in [1.807, 2.05) is 35.8 Å². The number of fused-ring (bicyclic) bond motifs is 1. The number of anilines is 1. The zero-order valence-electron chi connectivity index (χ0n) is 22.2. The van der Waals surface area contributed by atoms with Crippen molar-refractivity contribution in [3.05, 3.63) is 69.3 Å². The number of aromatic nitrogens is 2. The number of carboxylic acid groups (broad SMARTS) is 1. The molecule has 2 aliphatic heterocycles. The number of nitrogens with one attached hydrogen (secondary N) is 1. The smallest absolute Gasteiger partial charge is 0.337 e. The van der Waals surface area contributed by atoms with E-state index in [4.69, 9.17) is 4.98 Å². The third kappa shape index (κ3) is 4.85. The van der Waals surface area contributed by atoms with Gasteiger partial charge in [-0.05, 0) is 63.3 Å². The summed E-state index contributed by atoms with van der Waals surface area (Å²) < 4.78 is 1.66. The van der Waals surface area contributed by atoms with Gasteiger partial charge in [0, 0.05) is 50.4 Å². The summed E-state index contributed by atoms with van der Waals surface area (Å²) in [6.07, 6.45) is 3.66. The summed E-state index contributed by atoms with van der Waals surface area (Å²) in [6, 6.07) is 10.5. The molecular weight excluding hydrogens is 482 g/mol. The number of amides is 2. The topological polar surface area (TPSA) is 108 Å². The molecule has 0 aliphatic carbocycles. The number of aryl methyl sites for hydroxylation is 1. The Morgan fingerprint density at radius 1 is 1.05 bits per heavy atom. The number of nitrogens with zero attached hydrogens (tertiary/aromatic N) is 4. The molecule has 0 bridgehead atoms. The minimum atomic E-state index is -1.00. The highest BCUT2D eigenvalue weighted by Gasteiger charge is 2.30. The van der Waals surface area contributed by atoms with Crippen LogP contribution in [0.15, 0.2) is 41.2 Å². The quantitative estimate of drug-likeness (QED) is 0.516. The maximum Gasteiger partial charge on any atom is 0.337 e. The lowest BCUT2D eigenvalue weighted by Crippen LogP contribution is -2.45. The van der Waals surface area contributed by atoms with E-state index in [0.717, 1.165) is 55.7 Å². The number of rotatable bonds is 5. The molecule has 9 heteroatoms. The zero-order valence-corrected chi connectivity index (χ0v) is 22.2. The monoisotopic (exact) mass is 517 g/mol. The van der Waals surface area contributed by atoms with E-state index in [0.29, 0.717) is 29.7 Å². The Morgan fingerprint density at radius 3 is 2.39 bits per heavy atom. The lowest BCUT2D eigenvalue weighted by atomic mass is 9.94. The van der Waals surface area contributed by atoms with Crippen molar-refractivity contribution in [2.45, 2.75) is 51.5 Å². The second-order valence-electron chi connectivity index (χ2n) is 10.5. The Bertz CT molecular complexity index is 1430. The number of piperidine rings is 1. The SMILES string of the molecule is Cc1cc([C@@H](C)Nc2ccccc2C(=O)O)c2nc(C3CCN(C(=O)N4CCCC4)CC3)n(C)c(=O)c2c1. The molecule has 2 N–H and O–H groups in total. The molecule has 2 fully saturated rings. The third-order valence-corrected chi connectivity index (χ3v) is 7.89. The number of hydrogen-bond donors (Lipinski definition) is 2. The molecular formula is C29H35N5O4. The second kappa shape index (κ2) is 10.5. The second-order valence-corrected chi connectivity index (χ2v) is 10.5. The molecule has 2 saturated heterocycles. The van der Waals surface area contributed by atoms with Crippen LogP contribution in [0.25, 0.3) is 10.9 Å². The van der Waals surface area contributed by atoms with Gasteiger partial charge >= 0.3 is 12.0 Å². The molecule has 1 atom stereocenters. The fourth-order valence-electron chi connectivity index (χ4n) is 5.81. The van der Waals surface area contributed by atoms with Gasteiger partial charge in [-0.1, -0.05) is 18.2 Å². The highest BCUT2D eigenvalue weighted by atomic mass is 16.4. The number of para-hydroxylation sites is 1. The molecule has 1 aromatic heterocycles. The van der Waals surface area contributed by atoms with Gasteiger partial charge in [0.15, 0.2) is 0 Å². The molecule has 3 aromatic rings. The standard InChI is InChI=1S/C29H35N5O4/c1-18-16-22(19(2)30-24-9-5-4-8-21(24)28(36)37)25-23(17-18)27(35)32(3)26(31-25)20-10-14-34(15-11-20)29(38)33-12-6-7-13-33/h4-5,8-9,16-17,19-20,30H,6-7,10-15H2,1-3H3,(H,36,37)/t19-/m1/s1. The van der Waals surface area contributed by atoms with E-state index >= 15 is 0 Å². The summed E-state index contributed by atoms with van der Waals surface area (Å²) in [7, 11) is 1.78. The molecule has 2 amide bonds. The Hall–Kier alpha value is -3.88. The van der Waals surface area contributed by atoms with Crippen molar-refractivity contribution < 1.29 is 14.7 Å². The minimum Gasteiger partial charge on any atom is -0.478 e. The average Bonchev–Trinajstić information content (AvgIpc) is 3.45. The molecule has 200 valence electrons. The number of likely N-dealkylation sites (tertiary alicyclic amines) is 2. The molecule has 2 aliphatic rings. The number of carbonyl (C=O) groups excluding carboxylic acids is 1. The van der Waals surface area contributed by atoms with E-state index < -0.39 is 5.97 Å². The summed E-state index contributed by atoms with van der Waals surface area (Å²) in [4.78, 5) is 47.0. The van der Waals surface area contributed by atoms with E-state index in [1.54, 1.807) is 35.9 Å². The van der Waals surface area contributed by atoms with Crippen molar-refractivity contribution in [3.8, 4) is 0 Å². The first-order valence-corrected chi connectivity index (χ1v) is 13.4. The first kappa shape index (κ1) is 25.8. The van der Waals surface area contributed by atoms with Crippen LogP contribution in [0.2, 0.25) is 0 Å². The zero-order chi connectivity index (χ0) is 27.0. The van der Waals surface area contributed by atoms with E-state index in [9.17, 15) is 19.5 Å². The first-order valence-electron chi connectivity index (χ1n) is 13.4. The summed E-state index contributed by atoms with van der Waals surface area (Å²) in [5.74, 6) is -0.192. The van der Waals surface area contributed by atoms with Crippen molar-refractivity contribution in [3.63, 3.8) is 0 Å². The fourth-order valence-corrected chi connectivity index (χ4v) is 5.81. The molecule has 9 nitrogen and oxygen atoms in total. The van der Waals surface area contributed by atoms with Crippen LogP contribution in [-0.2, 0) is 7.05 Å². The van der Waals surface area contributed by atoms with Gasteiger partial charge in [-0.3, -0.25) is 9.36 Å². The van der Waals surface area contributed by atoms with Crippen molar-refractivity contribution >= 4 is 28.6 Å². The normalized spacial score (nSPS) is 17.1. The molecule has 0 saturated carbocycles. The lowest BCUT2D eigenvalue weighted by Gasteiger charge is -2.34. The average molecular weight is 518 g/mol. The van der Waals surface area contributed by atoms with Crippen LogP contribution in [-0.4, -0.2) is 62.6 Å². The molecule has 0 unspecified atom stereocenters. The van der Waals surface area contributed by atoms with Gasteiger partial charge in [-0.2, -0.15) is 0 Å². The van der Waals surface area contributed by atoms with Gasteiger partial charge in [-0.15, -0.1) is 0 Å². The van der Waals surface area contributed by atoms with Gasteiger partial charge < -0.3 is 20.2 Å². The number of carbonyl (C=O) groups is 2. The largest absolute Gasteiger partial charge is 0.478 e. The van der Waals surface area contributed by atoms with Crippen molar-refractivity contribution in [2.24, 2.45) is 7.05 Å².